The van der Waals surface area contributed by atoms with Crippen molar-refractivity contribution in [2.24, 2.45) is 0 Å². The van der Waals surface area contributed by atoms with Gasteiger partial charge in [0.2, 0.25) is 0 Å². The molecular weight excluding hydrogens is 276 g/mol. The predicted molar refractivity (Wildman–Crippen MR) is 68.2 cm³/mol. The van der Waals surface area contributed by atoms with E-state index in [-0.39, 0.29) is 15.8 Å². The van der Waals surface area contributed by atoms with Crippen molar-refractivity contribution in [3.63, 3.8) is 0 Å². The Balaban J connectivity index is 2.30. The molecule has 0 atom stereocenters. The largest absolute Gasteiger partial charge is 0.508 e. The smallest absolute Gasteiger partial charge is 0.262 e. The molecule has 2 N–H and O–H groups in total. The molecule has 0 fully saturated rings. The molecule has 1 aromatic carbocycles. The lowest BCUT2D eigenvalue weighted by atomic mass is 10.3. The zero-order chi connectivity index (χ0) is 13.2. The van der Waals surface area contributed by atoms with E-state index < -0.39 is 10.0 Å². The lowest BCUT2D eigenvalue weighted by Crippen LogP contribution is -2.12. The molecule has 2 rings (SSSR count). The van der Waals surface area contributed by atoms with Crippen LogP contribution < -0.4 is 4.72 Å². The minimum atomic E-state index is -3.70. The first-order chi connectivity index (χ1) is 8.47. The number of phenols is 1. The second-order valence-corrected chi connectivity index (χ2v) is 5.54. The van der Waals surface area contributed by atoms with Gasteiger partial charge in [0.25, 0.3) is 10.0 Å². The van der Waals surface area contributed by atoms with Crippen molar-refractivity contribution in [2.45, 2.75) is 4.90 Å². The van der Waals surface area contributed by atoms with Crippen molar-refractivity contribution < 1.29 is 13.5 Å². The molecular formula is C11H9ClN2O3S. The van der Waals surface area contributed by atoms with Gasteiger partial charge >= 0.3 is 0 Å². The fourth-order valence-electron chi connectivity index (χ4n) is 1.30. The van der Waals surface area contributed by atoms with Crippen molar-refractivity contribution in [3.8, 4) is 5.75 Å². The van der Waals surface area contributed by atoms with E-state index in [4.69, 9.17) is 16.7 Å². The Morgan fingerprint density at radius 3 is 2.44 bits per heavy atom. The molecule has 0 radical (unpaired) electrons. The summed E-state index contributed by atoms with van der Waals surface area (Å²) in [6.07, 6.45) is 1.31. The SMILES string of the molecule is O=S(=O)(Nc1ccc(O)cc1)c1ccnc(Cl)c1. The van der Waals surface area contributed by atoms with Gasteiger partial charge in [-0.05, 0) is 36.4 Å². The van der Waals surface area contributed by atoms with E-state index in [1.54, 1.807) is 0 Å². The molecule has 18 heavy (non-hydrogen) atoms. The van der Waals surface area contributed by atoms with Crippen LogP contribution in [-0.4, -0.2) is 18.5 Å². The zero-order valence-corrected chi connectivity index (χ0v) is 10.6. The molecule has 0 saturated heterocycles. The number of aromatic nitrogens is 1. The van der Waals surface area contributed by atoms with Gasteiger partial charge in [0, 0.05) is 11.9 Å². The summed E-state index contributed by atoms with van der Waals surface area (Å²) in [6.45, 7) is 0. The van der Waals surface area contributed by atoms with Gasteiger partial charge in [-0.25, -0.2) is 13.4 Å². The number of sulfonamides is 1. The van der Waals surface area contributed by atoms with Crippen LogP contribution in [0.15, 0.2) is 47.5 Å². The van der Waals surface area contributed by atoms with Crippen LogP contribution in [-0.2, 0) is 10.0 Å². The Morgan fingerprint density at radius 1 is 1.17 bits per heavy atom. The third-order valence-corrected chi connectivity index (χ3v) is 3.71. The summed E-state index contributed by atoms with van der Waals surface area (Å²) in [5, 5.41) is 9.21. The Hall–Kier alpha value is -1.79. The monoisotopic (exact) mass is 284 g/mol. The first-order valence-corrected chi connectivity index (χ1v) is 6.77. The highest BCUT2D eigenvalue weighted by atomic mass is 35.5. The number of pyridine rings is 1. The molecule has 0 aliphatic rings. The Bertz CT molecular complexity index is 656. The van der Waals surface area contributed by atoms with Crippen LogP contribution in [0.5, 0.6) is 5.75 Å². The van der Waals surface area contributed by atoms with Gasteiger partial charge in [-0.2, -0.15) is 0 Å². The highest BCUT2D eigenvalue weighted by molar-refractivity contribution is 7.92. The third-order valence-electron chi connectivity index (χ3n) is 2.13. The number of rotatable bonds is 3. The molecule has 94 valence electrons. The number of nitrogens with one attached hydrogen (secondary N) is 1. The Morgan fingerprint density at radius 2 is 1.83 bits per heavy atom. The molecule has 0 aliphatic heterocycles. The Kier molecular flexibility index (Phi) is 3.40. The average Bonchev–Trinajstić information content (AvgIpc) is 2.32. The van der Waals surface area contributed by atoms with E-state index >= 15 is 0 Å². The average molecular weight is 285 g/mol. The molecule has 1 heterocycles. The molecule has 0 amide bonds. The third kappa shape index (κ3) is 2.91. The van der Waals surface area contributed by atoms with Crippen molar-refractivity contribution in [1.29, 1.82) is 0 Å². The summed E-state index contributed by atoms with van der Waals surface area (Å²) in [4.78, 5) is 3.74. The summed E-state index contributed by atoms with van der Waals surface area (Å²) in [6, 6.07) is 8.28. The Labute approximate surface area is 109 Å². The number of anilines is 1. The topological polar surface area (TPSA) is 79.3 Å². The van der Waals surface area contributed by atoms with Gasteiger partial charge in [-0.15, -0.1) is 0 Å². The van der Waals surface area contributed by atoms with Crippen LogP contribution >= 0.6 is 11.6 Å². The lowest BCUT2D eigenvalue weighted by Gasteiger charge is -2.07. The number of benzene rings is 1. The second-order valence-electron chi connectivity index (χ2n) is 3.47. The number of aromatic hydroxyl groups is 1. The van der Waals surface area contributed by atoms with Gasteiger partial charge in [0.05, 0.1) is 4.90 Å². The maximum absolute atomic E-state index is 12.0. The van der Waals surface area contributed by atoms with E-state index in [1.807, 2.05) is 0 Å². The van der Waals surface area contributed by atoms with E-state index in [1.165, 1.54) is 42.6 Å². The first-order valence-electron chi connectivity index (χ1n) is 4.91. The van der Waals surface area contributed by atoms with Crippen LogP contribution in [0, 0.1) is 0 Å². The van der Waals surface area contributed by atoms with E-state index in [0.717, 1.165) is 0 Å². The van der Waals surface area contributed by atoms with Crippen LogP contribution in [0.2, 0.25) is 5.15 Å². The fraction of sp³-hybridized carbons (Fsp3) is 0. The van der Waals surface area contributed by atoms with Crippen molar-refractivity contribution in [2.75, 3.05) is 4.72 Å². The molecule has 7 heteroatoms. The second kappa shape index (κ2) is 4.83. The molecule has 0 aliphatic carbocycles. The number of hydrogen-bond donors (Lipinski definition) is 2. The zero-order valence-electron chi connectivity index (χ0n) is 9.04. The fourth-order valence-corrected chi connectivity index (χ4v) is 2.61. The van der Waals surface area contributed by atoms with Crippen LogP contribution in [0.25, 0.3) is 0 Å². The molecule has 0 bridgehead atoms. The minimum absolute atomic E-state index is 0.0237. The summed E-state index contributed by atoms with van der Waals surface area (Å²) < 4.78 is 26.3. The van der Waals surface area contributed by atoms with E-state index in [0.29, 0.717) is 5.69 Å². The highest BCUT2D eigenvalue weighted by Gasteiger charge is 2.14. The van der Waals surface area contributed by atoms with E-state index in [9.17, 15) is 8.42 Å². The van der Waals surface area contributed by atoms with Crippen molar-refractivity contribution >= 4 is 27.3 Å². The van der Waals surface area contributed by atoms with Crippen molar-refractivity contribution in [3.05, 3.63) is 47.7 Å². The standard InChI is InChI=1S/C11H9ClN2O3S/c12-11-7-10(5-6-13-11)18(16,17)14-8-1-3-9(15)4-2-8/h1-7,14-15H. The molecule has 0 saturated carbocycles. The van der Waals surface area contributed by atoms with Gasteiger partial charge in [-0.1, -0.05) is 11.6 Å². The summed E-state index contributed by atoms with van der Waals surface area (Å²) >= 11 is 5.64. The molecule has 0 spiro atoms. The van der Waals surface area contributed by atoms with Gasteiger partial charge < -0.3 is 5.11 Å². The van der Waals surface area contributed by atoms with Crippen LogP contribution in [0.1, 0.15) is 0 Å². The maximum Gasteiger partial charge on any atom is 0.262 e. The molecule has 5 nitrogen and oxygen atoms in total. The quantitative estimate of drug-likeness (QED) is 0.669. The highest BCUT2D eigenvalue weighted by Crippen LogP contribution is 2.19. The van der Waals surface area contributed by atoms with Gasteiger partial charge in [0.15, 0.2) is 0 Å². The first kappa shape index (κ1) is 12.7. The number of nitrogens with zero attached hydrogens (tertiary/aromatic N) is 1. The summed E-state index contributed by atoms with van der Waals surface area (Å²) in [5.74, 6) is 0.0601. The molecule has 1 aromatic heterocycles. The van der Waals surface area contributed by atoms with Crippen molar-refractivity contribution in [1.82, 2.24) is 4.98 Å². The summed E-state index contributed by atoms with van der Waals surface area (Å²) in [5.41, 5.74) is 0.348. The lowest BCUT2D eigenvalue weighted by molar-refractivity contribution is 0.475. The number of phenolic OH excluding ortho intramolecular Hbond substituents is 1. The minimum Gasteiger partial charge on any atom is -0.508 e. The molecule has 2 aromatic rings. The van der Waals surface area contributed by atoms with Crippen LogP contribution in [0.4, 0.5) is 5.69 Å². The maximum atomic E-state index is 12.0. The van der Waals surface area contributed by atoms with Crippen LogP contribution in [0.3, 0.4) is 0 Å². The number of hydrogen-bond acceptors (Lipinski definition) is 4. The van der Waals surface area contributed by atoms with Gasteiger partial charge in [-0.3, -0.25) is 4.72 Å². The normalized spacial score (nSPS) is 11.2. The number of halogens is 1. The van der Waals surface area contributed by atoms with E-state index in [2.05, 4.69) is 9.71 Å². The predicted octanol–water partition coefficient (Wildman–Crippen LogP) is 2.24. The summed E-state index contributed by atoms with van der Waals surface area (Å²) in [7, 11) is -3.70. The van der Waals surface area contributed by atoms with Gasteiger partial charge in [0.1, 0.15) is 10.9 Å². The molecule has 0 unspecified atom stereocenters.